The summed E-state index contributed by atoms with van der Waals surface area (Å²) < 4.78 is 38.2. The second-order valence-corrected chi connectivity index (χ2v) is 5.22. The normalized spacial score (nSPS) is 12.4. The summed E-state index contributed by atoms with van der Waals surface area (Å²) in [6.45, 7) is 0.782. The minimum absolute atomic E-state index is 0. The molecular weight excluding hydrogens is 322 g/mol. The first kappa shape index (κ1) is 20.3. The molecule has 21 heavy (non-hydrogen) atoms. The summed E-state index contributed by atoms with van der Waals surface area (Å²) in [5.74, 6) is 0.463. The fourth-order valence-corrected chi connectivity index (χ4v) is 1.94. The van der Waals surface area contributed by atoms with E-state index in [1.54, 1.807) is 6.07 Å². The van der Waals surface area contributed by atoms with Crippen molar-refractivity contribution in [2.45, 2.75) is 19.0 Å². The number of hydrogen-bond donors (Lipinski definition) is 0. The molecule has 0 aromatic heterocycles. The van der Waals surface area contributed by atoms with E-state index in [2.05, 4.69) is 0 Å². The maximum Gasteiger partial charge on any atom is 0.416 e. The average Bonchev–Trinajstić information content (AvgIpc) is 2.38. The molecule has 0 fully saturated rings. The minimum atomic E-state index is -4.31. The van der Waals surface area contributed by atoms with Gasteiger partial charge in [0.05, 0.1) is 5.56 Å². The lowest BCUT2D eigenvalue weighted by atomic mass is 9.99. The summed E-state index contributed by atoms with van der Waals surface area (Å²) in [5.41, 5.74) is 0.911. The first-order valence-electron chi connectivity index (χ1n) is 6.42. The Morgan fingerprint density at radius 2 is 1.95 bits per heavy atom. The number of benzene rings is 1. The molecule has 0 saturated heterocycles. The van der Waals surface area contributed by atoms with E-state index in [4.69, 9.17) is 11.6 Å². The van der Waals surface area contributed by atoms with Crippen molar-refractivity contribution in [3.05, 3.63) is 41.5 Å². The van der Waals surface area contributed by atoms with Gasteiger partial charge < -0.3 is 4.90 Å². The van der Waals surface area contributed by atoms with Gasteiger partial charge in [-0.2, -0.15) is 13.2 Å². The van der Waals surface area contributed by atoms with Crippen LogP contribution in [0, 0.1) is 0 Å². The molecule has 0 heterocycles. The Bertz CT molecular complexity index is 456. The van der Waals surface area contributed by atoms with Crippen molar-refractivity contribution in [2.75, 3.05) is 26.5 Å². The molecule has 1 aromatic carbocycles. The SMILES string of the molecule is CN(C)CCC(=CCCCl)c1cccc(C(F)(F)F)c1.Cl. The van der Waals surface area contributed by atoms with Crippen LogP contribution in [0.5, 0.6) is 0 Å². The highest BCUT2D eigenvalue weighted by molar-refractivity contribution is 6.17. The predicted molar refractivity (Wildman–Crippen MR) is 85.2 cm³/mol. The van der Waals surface area contributed by atoms with Gasteiger partial charge in [0.15, 0.2) is 0 Å². The predicted octanol–water partition coefficient (Wildman–Crippen LogP) is 5.09. The van der Waals surface area contributed by atoms with Crippen molar-refractivity contribution >= 4 is 29.6 Å². The van der Waals surface area contributed by atoms with Crippen molar-refractivity contribution in [3.8, 4) is 0 Å². The smallest absolute Gasteiger partial charge is 0.309 e. The molecule has 0 spiro atoms. The van der Waals surface area contributed by atoms with Crippen LogP contribution in [-0.4, -0.2) is 31.4 Å². The van der Waals surface area contributed by atoms with Crippen molar-refractivity contribution in [2.24, 2.45) is 0 Å². The Labute approximate surface area is 135 Å². The third-order valence-corrected chi connectivity index (χ3v) is 3.11. The zero-order valence-electron chi connectivity index (χ0n) is 12.1. The van der Waals surface area contributed by atoms with Gasteiger partial charge in [-0.15, -0.1) is 24.0 Å². The fourth-order valence-electron chi connectivity index (χ4n) is 1.83. The first-order valence-corrected chi connectivity index (χ1v) is 6.95. The Hall–Kier alpha value is -0.710. The van der Waals surface area contributed by atoms with Gasteiger partial charge in [0.1, 0.15) is 0 Å². The number of alkyl halides is 4. The molecule has 0 radical (unpaired) electrons. The molecule has 0 bridgehead atoms. The lowest BCUT2D eigenvalue weighted by molar-refractivity contribution is -0.137. The molecule has 1 nitrogen and oxygen atoms in total. The average molecular weight is 342 g/mol. The summed E-state index contributed by atoms with van der Waals surface area (Å²) in [6.07, 6.45) is -1.03. The molecule has 0 aliphatic heterocycles. The lowest BCUT2D eigenvalue weighted by Gasteiger charge is -2.14. The lowest BCUT2D eigenvalue weighted by Crippen LogP contribution is -2.13. The van der Waals surface area contributed by atoms with Crippen molar-refractivity contribution in [3.63, 3.8) is 0 Å². The third-order valence-electron chi connectivity index (χ3n) is 2.89. The van der Waals surface area contributed by atoms with E-state index < -0.39 is 11.7 Å². The molecule has 1 rings (SSSR count). The highest BCUT2D eigenvalue weighted by Gasteiger charge is 2.30. The van der Waals surface area contributed by atoms with E-state index in [0.29, 0.717) is 24.3 Å². The number of nitrogens with zero attached hydrogens (tertiary/aromatic N) is 1. The third kappa shape index (κ3) is 7.21. The highest BCUT2D eigenvalue weighted by Crippen LogP contribution is 2.31. The van der Waals surface area contributed by atoms with Crippen LogP contribution in [0.15, 0.2) is 30.3 Å². The number of halogens is 5. The molecular formula is C15H20Cl2F3N. The maximum absolute atomic E-state index is 12.7. The van der Waals surface area contributed by atoms with Crippen LogP contribution in [-0.2, 0) is 6.18 Å². The number of rotatable bonds is 6. The fraction of sp³-hybridized carbons (Fsp3) is 0.467. The molecule has 0 N–H and O–H groups in total. The van der Waals surface area contributed by atoms with Crippen LogP contribution in [0.25, 0.3) is 5.57 Å². The quantitative estimate of drug-likeness (QED) is 0.651. The van der Waals surface area contributed by atoms with Crippen LogP contribution < -0.4 is 0 Å². The molecule has 0 amide bonds. The van der Waals surface area contributed by atoms with Crippen LogP contribution >= 0.6 is 24.0 Å². The van der Waals surface area contributed by atoms with Crippen LogP contribution in [0.4, 0.5) is 13.2 Å². The van der Waals surface area contributed by atoms with Crippen LogP contribution in [0.2, 0.25) is 0 Å². The summed E-state index contributed by atoms with van der Waals surface area (Å²) in [5, 5.41) is 0. The Morgan fingerprint density at radius 3 is 2.48 bits per heavy atom. The summed E-state index contributed by atoms with van der Waals surface area (Å²) in [4.78, 5) is 2.00. The van der Waals surface area contributed by atoms with E-state index in [1.165, 1.54) is 12.1 Å². The van der Waals surface area contributed by atoms with Crippen molar-refractivity contribution in [1.82, 2.24) is 4.90 Å². The van der Waals surface area contributed by atoms with Crippen LogP contribution in [0.3, 0.4) is 0 Å². The first-order chi connectivity index (χ1) is 9.34. The summed E-state index contributed by atoms with van der Waals surface area (Å²) in [7, 11) is 3.87. The van der Waals surface area contributed by atoms with E-state index in [-0.39, 0.29) is 12.4 Å². The molecule has 0 saturated carbocycles. The van der Waals surface area contributed by atoms with Gasteiger partial charge >= 0.3 is 6.18 Å². The van der Waals surface area contributed by atoms with Gasteiger partial charge in [-0.3, -0.25) is 0 Å². The topological polar surface area (TPSA) is 3.24 Å². The molecule has 0 aliphatic carbocycles. The van der Waals surface area contributed by atoms with Crippen molar-refractivity contribution in [1.29, 1.82) is 0 Å². The van der Waals surface area contributed by atoms with Gasteiger partial charge in [0, 0.05) is 12.4 Å². The zero-order chi connectivity index (χ0) is 15.2. The Balaban J connectivity index is 0.00000400. The Kier molecular flexibility index (Phi) is 9.02. The molecule has 120 valence electrons. The largest absolute Gasteiger partial charge is 0.416 e. The van der Waals surface area contributed by atoms with Gasteiger partial charge in [-0.05, 0) is 50.2 Å². The second kappa shape index (κ2) is 9.34. The van der Waals surface area contributed by atoms with Gasteiger partial charge in [0.25, 0.3) is 0 Å². The second-order valence-electron chi connectivity index (χ2n) is 4.84. The van der Waals surface area contributed by atoms with Gasteiger partial charge in [-0.1, -0.05) is 18.2 Å². The van der Waals surface area contributed by atoms with Gasteiger partial charge in [0.2, 0.25) is 0 Å². The zero-order valence-corrected chi connectivity index (χ0v) is 13.7. The molecule has 0 aliphatic rings. The molecule has 0 unspecified atom stereocenters. The summed E-state index contributed by atoms with van der Waals surface area (Å²) >= 11 is 5.66. The molecule has 0 atom stereocenters. The number of allylic oxidation sites excluding steroid dienone is 1. The van der Waals surface area contributed by atoms with Crippen LogP contribution in [0.1, 0.15) is 24.0 Å². The maximum atomic E-state index is 12.7. The van der Waals surface area contributed by atoms with E-state index in [9.17, 15) is 13.2 Å². The summed E-state index contributed by atoms with van der Waals surface area (Å²) in [6, 6.07) is 5.46. The molecule has 1 aromatic rings. The Morgan fingerprint density at radius 1 is 1.29 bits per heavy atom. The monoisotopic (exact) mass is 341 g/mol. The minimum Gasteiger partial charge on any atom is -0.309 e. The van der Waals surface area contributed by atoms with Crippen molar-refractivity contribution < 1.29 is 13.2 Å². The van der Waals surface area contributed by atoms with Gasteiger partial charge in [-0.25, -0.2) is 0 Å². The van der Waals surface area contributed by atoms with E-state index >= 15 is 0 Å². The number of hydrogen-bond acceptors (Lipinski definition) is 1. The highest BCUT2D eigenvalue weighted by atomic mass is 35.5. The van der Waals surface area contributed by atoms with E-state index in [0.717, 1.165) is 18.2 Å². The van der Waals surface area contributed by atoms with E-state index in [1.807, 2.05) is 25.1 Å². The standard InChI is InChI=1S/C15H19ClF3N.ClH/c1-20(2)10-8-12(6-4-9-16)13-5-3-7-14(11-13)15(17,18)19;/h3,5-7,11H,4,8-10H2,1-2H3;1H. The molecule has 6 heteroatoms.